The molecular formula is C10H8F2N2O2S. The summed E-state index contributed by atoms with van der Waals surface area (Å²) >= 11 is 0. The van der Waals surface area contributed by atoms with Gasteiger partial charge in [-0.05, 0) is 18.9 Å². The van der Waals surface area contributed by atoms with E-state index in [0.717, 1.165) is 25.2 Å². The van der Waals surface area contributed by atoms with Crippen LogP contribution in [0.5, 0.6) is 0 Å². The zero-order valence-corrected chi connectivity index (χ0v) is 9.42. The van der Waals surface area contributed by atoms with E-state index in [1.807, 2.05) is 0 Å². The molecule has 0 N–H and O–H groups in total. The van der Waals surface area contributed by atoms with Crippen molar-refractivity contribution in [3.05, 3.63) is 23.8 Å². The van der Waals surface area contributed by atoms with Gasteiger partial charge in [0.2, 0.25) is 0 Å². The van der Waals surface area contributed by atoms with Gasteiger partial charge in [-0.2, -0.15) is 8.42 Å². The molecule has 0 spiro atoms. The Labute approximate surface area is 96.6 Å². The Morgan fingerprint density at radius 1 is 1.29 bits per heavy atom. The summed E-state index contributed by atoms with van der Waals surface area (Å²) in [6, 6.07) is 1.55. The van der Waals surface area contributed by atoms with Crippen LogP contribution in [0.4, 0.5) is 14.5 Å². The van der Waals surface area contributed by atoms with Gasteiger partial charge in [0.1, 0.15) is 17.1 Å². The molecule has 0 aromatic heterocycles. The van der Waals surface area contributed by atoms with Crippen LogP contribution in [0, 0.1) is 11.6 Å². The number of fused-ring (bicyclic) bond motifs is 1. The summed E-state index contributed by atoms with van der Waals surface area (Å²) in [6.45, 7) is 0. The van der Waals surface area contributed by atoms with Gasteiger partial charge < -0.3 is 4.90 Å². The van der Waals surface area contributed by atoms with Gasteiger partial charge in [-0.3, -0.25) is 0 Å². The van der Waals surface area contributed by atoms with Crippen LogP contribution in [0.15, 0.2) is 21.4 Å². The fourth-order valence-corrected chi connectivity index (χ4v) is 2.89. The topological polar surface area (TPSA) is 49.7 Å². The van der Waals surface area contributed by atoms with E-state index in [0.29, 0.717) is 6.07 Å². The lowest BCUT2D eigenvalue weighted by molar-refractivity contribution is 0.565. The van der Waals surface area contributed by atoms with Crippen molar-refractivity contribution in [3.8, 4) is 0 Å². The van der Waals surface area contributed by atoms with Crippen molar-refractivity contribution in [3.63, 3.8) is 0 Å². The minimum absolute atomic E-state index is 0.0629. The first-order valence-corrected chi connectivity index (χ1v) is 6.51. The average Bonchev–Trinajstić information content (AvgIpc) is 3.03. The molecule has 0 radical (unpaired) electrons. The minimum Gasteiger partial charge on any atom is -0.325 e. The molecule has 0 amide bonds. The van der Waals surface area contributed by atoms with E-state index in [1.165, 1.54) is 4.90 Å². The SMILES string of the molecule is O=S1(=O)N=CN(C2CC2)c2c(F)cc(F)cc21. The van der Waals surface area contributed by atoms with E-state index in [4.69, 9.17) is 0 Å². The fourth-order valence-electron chi connectivity index (χ4n) is 1.85. The highest BCUT2D eigenvalue weighted by Gasteiger charge is 2.37. The molecule has 0 saturated heterocycles. The number of hydrogen-bond acceptors (Lipinski definition) is 3. The number of benzene rings is 1. The minimum atomic E-state index is -3.98. The molecule has 7 heteroatoms. The molecule has 1 heterocycles. The summed E-state index contributed by atoms with van der Waals surface area (Å²) in [6.07, 6.45) is 2.81. The van der Waals surface area contributed by atoms with Gasteiger partial charge in [0.05, 0.1) is 5.69 Å². The highest BCUT2D eigenvalue weighted by molar-refractivity contribution is 7.90. The molecule has 1 saturated carbocycles. The summed E-state index contributed by atoms with van der Waals surface area (Å²) < 4.78 is 53.4. The Morgan fingerprint density at radius 3 is 2.65 bits per heavy atom. The predicted molar refractivity (Wildman–Crippen MR) is 57.5 cm³/mol. The maximum absolute atomic E-state index is 13.7. The van der Waals surface area contributed by atoms with Crippen molar-refractivity contribution in [2.45, 2.75) is 23.8 Å². The summed E-state index contributed by atoms with van der Waals surface area (Å²) in [5, 5.41) is 0. The van der Waals surface area contributed by atoms with Crippen molar-refractivity contribution in [1.29, 1.82) is 0 Å². The molecule has 0 bridgehead atoms. The molecule has 4 nitrogen and oxygen atoms in total. The number of sulfonamides is 1. The molecule has 3 rings (SSSR count). The van der Waals surface area contributed by atoms with Crippen LogP contribution in [0.3, 0.4) is 0 Å². The second-order valence-corrected chi connectivity index (χ2v) is 5.67. The Kier molecular flexibility index (Phi) is 2.04. The number of rotatable bonds is 1. The average molecular weight is 258 g/mol. The van der Waals surface area contributed by atoms with Gasteiger partial charge in [-0.15, -0.1) is 4.40 Å². The molecule has 0 atom stereocenters. The molecular weight excluding hydrogens is 250 g/mol. The zero-order valence-electron chi connectivity index (χ0n) is 8.60. The predicted octanol–water partition coefficient (Wildman–Crippen LogP) is 1.66. The normalized spacial score (nSPS) is 21.4. The van der Waals surface area contributed by atoms with Gasteiger partial charge in [0, 0.05) is 12.1 Å². The number of hydrogen-bond donors (Lipinski definition) is 0. The standard InChI is InChI=1S/C10H8F2N2O2S/c11-6-3-8(12)10-9(4-6)17(15,16)13-5-14(10)7-1-2-7/h3-5,7H,1-2H2. The highest BCUT2D eigenvalue weighted by Crippen LogP contribution is 2.39. The van der Waals surface area contributed by atoms with E-state index < -0.39 is 26.6 Å². The Morgan fingerprint density at radius 2 is 2.00 bits per heavy atom. The molecule has 2 aliphatic rings. The smallest absolute Gasteiger partial charge is 0.285 e. The van der Waals surface area contributed by atoms with Crippen LogP contribution in [-0.4, -0.2) is 20.8 Å². The largest absolute Gasteiger partial charge is 0.325 e. The van der Waals surface area contributed by atoms with Gasteiger partial charge in [-0.25, -0.2) is 8.78 Å². The summed E-state index contributed by atoms with van der Waals surface area (Å²) in [5.41, 5.74) is -0.0936. The summed E-state index contributed by atoms with van der Waals surface area (Å²) in [4.78, 5) is 1.06. The Hall–Kier alpha value is -1.50. The van der Waals surface area contributed by atoms with Crippen LogP contribution < -0.4 is 4.90 Å². The van der Waals surface area contributed by atoms with Crippen LogP contribution in [0.2, 0.25) is 0 Å². The van der Waals surface area contributed by atoms with Crippen LogP contribution in [0.1, 0.15) is 12.8 Å². The van der Waals surface area contributed by atoms with Crippen LogP contribution in [0.25, 0.3) is 0 Å². The Bertz CT molecular complexity index is 623. The lowest BCUT2D eigenvalue weighted by atomic mass is 10.2. The number of halogens is 2. The lowest BCUT2D eigenvalue weighted by Crippen LogP contribution is -2.30. The van der Waals surface area contributed by atoms with E-state index in [9.17, 15) is 17.2 Å². The molecule has 0 unspecified atom stereocenters. The third kappa shape index (κ3) is 1.61. The lowest BCUT2D eigenvalue weighted by Gasteiger charge is -2.25. The number of anilines is 1. The van der Waals surface area contributed by atoms with Gasteiger partial charge in [-0.1, -0.05) is 0 Å². The first kappa shape index (κ1) is 10.6. The second-order valence-electron chi connectivity index (χ2n) is 4.07. The van der Waals surface area contributed by atoms with Crippen molar-refractivity contribution >= 4 is 22.0 Å². The van der Waals surface area contributed by atoms with E-state index in [2.05, 4.69) is 4.40 Å². The molecule has 1 fully saturated rings. The first-order valence-electron chi connectivity index (χ1n) is 5.07. The fraction of sp³-hybridized carbons (Fsp3) is 0.300. The highest BCUT2D eigenvalue weighted by atomic mass is 32.2. The molecule has 1 aromatic rings. The molecule has 90 valence electrons. The molecule has 1 aliphatic heterocycles. The van der Waals surface area contributed by atoms with Crippen molar-refractivity contribution in [2.75, 3.05) is 4.90 Å². The van der Waals surface area contributed by atoms with Crippen molar-refractivity contribution in [2.24, 2.45) is 4.40 Å². The third-order valence-electron chi connectivity index (χ3n) is 2.78. The van der Waals surface area contributed by atoms with Crippen molar-refractivity contribution in [1.82, 2.24) is 0 Å². The summed E-state index contributed by atoms with van der Waals surface area (Å²) in [5.74, 6) is -1.79. The monoisotopic (exact) mass is 258 g/mol. The first-order chi connectivity index (χ1) is 7.99. The van der Waals surface area contributed by atoms with E-state index in [-0.39, 0.29) is 11.7 Å². The van der Waals surface area contributed by atoms with Gasteiger partial charge in [0.25, 0.3) is 10.0 Å². The molecule has 1 aromatic carbocycles. The van der Waals surface area contributed by atoms with Crippen molar-refractivity contribution < 1.29 is 17.2 Å². The molecule has 1 aliphatic carbocycles. The third-order valence-corrected chi connectivity index (χ3v) is 4.02. The van der Waals surface area contributed by atoms with E-state index in [1.54, 1.807) is 0 Å². The van der Waals surface area contributed by atoms with Crippen LogP contribution in [-0.2, 0) is 10.0 Å². The zero-order chi connectivity index (χ0) is 12.2. The van der Waals surface area contributed by atoms with E-state index >= 15 is 0 Å². The van der Waals surface area contributed by atoms with Gasteiger partial charge in [0.15, 0.2) is 5.82 Å². The van der Waals surface area contributed by atoms with Gasteiger partial charge >= 0.3 is 0 Å². The number of nitrogens with zero attached hydrogens (tertiary/aromatic N) is 2. The summed E-state index contributed by atoms with van der Waals surface area (Å²) in [7, 11) is -3.98. The quantitative estimate of drug-likeness (QED) is 0.769. The van der Waals surface area contributed by atoms with Crippen LogP contribution >= 0.6 is 0 Å². The maximum Gasteiger partial charge on any atom is 0.285 e. The molecule has 17 heavy (non-hydrogen) atoms. The Balaban J connectivity index is 2.28. The maximum atomic E-state index is 13.7. The second kappa shape index (κ2) is 3.25.